The van der Waals surface area contributed by atoms with Crippen LogP contribution in [0.2, 0.25) is 0 Å². The van der Waals surface area contributed by atoms with Crippen molar-refractivity contribution in [2.45, 2.75) is 31.7 Å². The Morgan fingerprint density at radius 1 is 1.42 bits per heavy atom. The number of aromatic amines is 1. The second kappa shape index (κ2) is 5.94. The highest BCUT2D eigenvalue weighted by Crippen LogP contribution is 2.37. The molecule has 1 aliphatic heterocycles. The number of benzene rings is 1. The summed E-state index contributed by atoms with van der Waals surface area (Å²) in [6, 6.07) is 4.27. The topological polar surface area (TPSA) is 69.2 Å². The Labute approximate surface area is 136 Å². The molecule has 0 saturated carbocycles. The maximum atomic E-state index is 12.9. The largest absolute Gasteiger partial charge is 0.416 e. The monoisotopic (exact) mass is 339 g/mol. The average Bonchev–Trinajstić information content (AvgIpc) is 3.12. The molecule has 1 aromatic carbocycles. The summed E-state index contributed by atoms with van der Waals surface area (Å²) in [5.74, 6) is -0.361. The Morgan fingerprint density at radius 3 is 2.79 bits per heavy atom. The Bertz CT molecular complexity index is 757. The van der Waals surface area contributed by atoms with Gasteiger partial charge in [0, 0.05) is 12.2 Å². The zero-order valence-electron chi connectivity index (χ0n) is 12.8. The van der Waals surface area contributed by atoms with Crippen LogP contribution in [0.1, 0.15) is 39.6 Å². The number of rotatable bonds is 2. The van der Waals surface area contributed by atoms with E-state index in [0.29, 0.717) is 16.8 Å². The van der Waals surface area contributed by atoms with E-state index in [2.05, 4.69) is 10.2 Å². The summed E-state index contributed by atoms with van der Waals surface area (Å²) in [5.41, 5.74) is 0.509. The number of hydrogen-bond donors (Lipinski definition) is 2. The van der Waals surface area contributed by atoms with Gasteiger partial charge in [-0.15, -0.1) is 0 Å². The fourth-order valence-electron chi connectivity index (χ4n) is 3.00. The van der Waals surface area contributed by atoms with Gasteiger partial charge in [0.2, 0.25) is 0 Å². The molecule has 2 N–H and O–H groups in total. The van der Waals surface area contributed by atoms with Crippen molar-refractivity contribution in [1.29, 1.82) is 0 Å². The Balaban J connectivity index is 1.94. The molecule has 3 rings (SSSR count). The van der Waals surface area contributed by atoms with E-state index in [-0.39, 0.29) is 18.9 Å². The fourth-order valence-corrected chi connectivity index (χ4v) is 3.00. The van der Waals surface area contributed by atoms with Gasteiger partial charge in [-0.05, 0) is 31.0 Å². The van der Waals surface area contributed by atoms with Crippen LogP contribution in [-0.2, 0) is 6.18 Å². The van der Waals surface area contributed by atoms with Gasteiger partial charge in [0.15, 0.2) is 0 Å². The highest BCUT2D eigenvalue weighted by atomic mass is 19.4. The van der Waals surface area contributed by atoms with E-state index in [9.17, 15) is 23.1 Å². The highest BCUT2D eigenvalue weighted by Gasteiger charge is 2.38. The number of β-amino-alcohol motifs (C(OH)–C–C–N with tert-alkyl or cyclic N) is 1. The van der Waals surface area contributed by atoms with Crippen LogP contribution in [0, 0.1) is 6.92 Å². The number of carbonyl (C=O) groups is 1. The van der Waals surface area contributed by atoms with Crippen LogP contribution in [0.3, 0.4) is 0 Å². The molecule has 0 aliphatic carbocycles. The Morgan fingerprint density at radius 2 is 2.17 bits per heavy atom. The maximum Gasteiger partial charge on any atom is 0.416 e. The molecule has 0 unspecified atom stereocenters. The molecule has 1 saturated heterocycles. The molecular weight excluding hydrogens is 323 g/mol. The van der Waals surface area contributed by atoms with Crippen molar-refractivity contribution < 1.29 is 23.1 Å². The van der Waals surface area contributed by atoms with Crippen molar-refractivity contribution in [1.82, 2.24) is 15.1 Å². The van der Waals surface area contributed by atoms with Crippen LogP contribution < -0.4 is 0 Å². The van der Waals surface area contributed by atoms with E-state index in [1.54, 1.807) is 13.0 Å². The summed E-state index contributed by atoms with van der Waals surface area (Å²) < 4.78 is 38.8. The first kappa shape index (κ1) is 16.5. The third-order valence-electron chi connectivity index (χ3n) is 4.20. The standard InChI is InChI=1S/C16H16F3N3O2/c1-9-13(7-20-21-9)15(24)22-8-12(23)6-14(22)10-3-2-4-11(5-10)16(17,18)19/h2-5,7,12,14,23H,6,8H2,1H3,(H,20,21)/t12-,14+/m0/s1. The van der Waals surface area contributed by atoms with Crippen molar-refractivity contribution in [3.63, 3.8) is 0 Å². The van der Waals surface area contributed by atoms with Crippen molar-refractivity contribution in [2.75, 3.05) is 6.54 Å². The lowest BCUT2D eigenvalue weighted by Crippen LogP contribution is -2.32. The second-order valence-corrected chi connectivity index (χ2v) is 5.89. The van der Waals surface area contributed by atoms with Crippen LogP contribution in [0.15, 0.2) is 30.5 Å². The van der Waals surface area contributed by atoms with Crippen molar-refractivity contribution in [3.05, 3.63) is 52.8 Å². The van der Waals surface area contributed by atoms with Gasteiger partial charge < -0.3 is 10.0 Å². The minimum atomic E-state index is -4.46. The van der Waals surface area contributed by atoms with E-state index < -0.39 is 23.9 Å². The second-order valence-electron chi connectivity index (χ2n) is 5.89. The molecule has 0 bridgehead atoms. The smallest absolute Gasteiger partial charge is 0.391 e. The number of likely N-dealkylation sites (tertiary alicyclic amines) is 1. The van der Waals surface area contributed by atoms with Gasteiger partial charge in [-0.25, -0.2) is 0 Å². The molecule has 128 valence electrons. The van der Waals surface area contributed by atoms with Gasteiger partial charge in [-0.1, -0.05) is 12.1 Å². The zero-order valence-corrected chi connectivity index (χ0v) is 12.8. The molecule has 2 aromatic rings. The van der Waals surface area contributed by atoms with Gasteiger partial charge in [-0.2, -0.15) is 18.3 Å². The predicted molar refractivity (Wildman–Crippen MR) is 79.2 cm³/mol. The molecule has 1 aromatic heterocycles. The Kier molecular flexibility index (Phi) is 4.08. The van der Waals surface area contributed by atoms with E-state index in [1.165, 1.54) is 17.2 Å². The number of amides is 1. The van der Waals surface area contributed by atoms with Crippen LogP contribution in [0.5, 0.6) is 0 Å². The third kappa shape index (κ3) is 3.01. The molecule has 0 radical (unpaired) electrons. The maximum absolute atomic E-state index is 12.9. The van der Waals surface area contributed by atoms with Crippen molar-refractivity contribution in [3.8, 4) is 0 Å². The van der Waals surface area contributed by atoms with Gasteiger partial charge in [-0.3, -0.25) is 9.89 Å². The van der Waals surface area contributed by atoms with Crippen molar-refractivity contribution >= 4 is 5.91 Å². The first-order valence-electron chi connectivity index (χ1n) is 7.43. The number of carbonyl (C=O) groups excluding carboxylic acids is 1. The lowest BCUT2D eigenvalue weighted by molar-refractivity contribution is -0.137. The summed E-state index contributed by atoms with van der Waals surface area (Å²) in [6.45, 7) is 1.76. The fraction of sp³-hybridized carbons (Fsp3) is 0.375. The summed E-state index contributed by atoms with van der Waals surface area (Å²) in [5, 5.41) is 16.4. The quantitative estimate of drug-likeness (QED) is 0.884. The van der Waals surface area contributed by atoms with E-state index >= 15 is 0 Å². The zero-order chi connectivity index (χ0) is 17.5. The lowest BCUT2D eigenvalue weighted by Gasteiger charge is -2.25. The van der Waals surface area contributed by atoms with Crippen LogP contribution in [0.4, 0.5) is 13.2 Å². The number of nitrogens with one attached hydrogen (secondary N) is 1. The number of nitrogens with zero attached hydrogens (tertiary/aromatic N) is 2. The first-order chi connectivity index (χ1) is 11.3. The molecular formula is C16H16F3N3O2. The SMILES string of the molecule is Cc1[nH]ncc1C(=O)N1C[C@@H](O)C[C@@H]1c1cccc(C(F)(F)F)c1. The number of aliphatic hydroxyl groups is 1. The molecule has 2 atom stereocenters. The predicted octanol–water partition coefficient (Wildman–Crippen LogP) is 2.69. The van der Waals surface area contributed by atoms with Crippen molar-refractivity contribution in [2.24, 2.45) is 0 Å². The number of H-pyrrole nitrogens is 1. The average molecular weight is 339 g/mol. The highest BCUT2D eigenvalue weighted by molar-refractivity contribution is 5.95. The third-order valence-corrected chi connectivity index (χ3v) is 4.20. The summed E-state index contributed by atoms with van der Waals surface area (Å²) in [7, 11) is 0. The minimum Gasteiger partial charge on any atom is -0.391 e. The number of aromatic nitrogens is 2. The van der Waals surface area contributed by atoms with Crippen LogP contribution >= 0.6 is 0 Å². The van der Waals surface area contributed by atoms with E-state index in [1.807, 2.05) is 0 Å². The van der Waals surface area contributed by atoms with Gasteiger partial charge in [0.05, 0.1) is 29.5 Å². The summed E-state index contributed by atoms with van der Waals surface area (Å²) in [6.07, 6.45) is -3.65. The van der Waals surface area contributed by atoms with Gasteiger partial charge >= 0.3 is 6.18 Å². The van der Waals surface area contributed by atoms with Crippen LogP contribution in [0.25, 0.3) is 0 Å². The number of aryl methyl sites for hydroxylation is 1. The number of aliphatic hydroxyl groups excluding tert-OH is 1. The normalized spacial score (nSPS) is 21.3. The molecule has 0 spiro atoms. The summed E-state index contributed by atoms with van der Waals surface area (Å²) >= 11 is 0. The van der Waals surface area contributed by atoms with Gasteiger partial charge in [0.25, 0.3) is 5.91 Å². The molecule has 1 amide bonds. The molecule has 8 heteroatoms. The Hall–Kier alpha value is -2.35. The van der Waals surface area contributed by atoms with Crippen LogP contribution in [-0.4, -0.2) is 38.8 Å². The molecule has 24 heavy (non-hydrogen) atoms. The lowest BCUT2D eigenvalue weighted by atomic mass is 10.0. The summed E-state index contributed by atoms with van der Waals surface area (Å²) in [4.78, 5) is 14.1. The molecule has 5 nitrogen and oxygen atoms in total. The number of halogens is 3. The molecule has 2 heterocycles. The number of alkyl halides is 3. The minimum absolute atomic E-state index is 0.0738. The van der Waals surface area contributed by atoms with E-state index in [4.69, 9.17) is 0 Å². The van der Waals surface area contributed by atoms with E-state index in [0.717, 1.165) is 12.1 Å². The first-order valence-corrected chi connectivity index (χ1v) is 7.43. The molecule has 1 aliphatic rings. The number of hydrogen-bond acceptors (Lipinski definition) is 3. The van der Waals surface area contributed by atoms with Gasteiger partial charge in [0.1, 0.15) is 0 Å². The molecule has 1 fully saturated rings.